The van der Waals surface area contributed by atoms with Gasteiger partial charge in [-0.3, -0.25) is 9.98 Å². The minimum Gasteiger partial charge on any atom is -0.444 e. The summed E-state index contributed by atoms with van der Waals surface area (Å²) < 4.78 is 11.1. The Hall–Kier alpha value is -1.62. The van der Waals surface area contributed by atoms with Crippen molar-refractivity contribution in [2.75, 3.05) is 46.4 Å². The molecular formula is C23H40IN5O3. The standard InChI is InChI=1S/C23H39N5O3.HI/c1-6-25-21(27(5)16-20-10-14-30-18-20)26-12-8-13-28(22(29)31-23(2,3)4)17-19-9-7-11-24-15-19;/h7,9,11,15,20H,6,8,10,12-14,16-18H2,1-5H3,(H,25,26);1H. The number of nitrogens with zero attached hydrogens (tertiary/aromatic N) is 4. The van der Waals surface area contributed by atoms with Crippen molar-refractivity contribution in [3.63, 3.8) is 0 Å². The van der Waals surface area contributed by atoms with E-state index in [0.29, 0.717) is 25.6 Å². The first-order valence-electron chi connectivity index (χ1n) is 11.2. The fraction of sp³-hybridized carbons (Fsp3) is 0.696. The number of carbonyl (C=O) groups excluding carboxylic acids is 1. The molecule has 1 fully saturated rings. The molecule has 1 aromatic heterocycles. The molecule has 1 aliphatic rings. The van der Waals surface area contributed by atoms with E-state index in [1.165, 1.54) is 0 Å². The van der Waals surface area contributed by atoms with E-state index in [1.54, 1.807) is 17.3 Å². The number of hydrogen-bond donors (Lipinski definition) is 1. The molecule has 1 saturated heterocycles. The van der Waals surface area contributed by atoms with E-state index in [4.69, 9.17) is 14.5 Å². The van der Waals surface area contributed by atoms with Crippen LogP contribution < -0.4 is 5.32 Å². The van der Waals surface area contributed by atoms with Crippen LogP contribution in [-0.4, -0.2) is 78.9 Å². The van der Waals surface area contributed by atoms with Crippen LogP contribution >= 0.6 is 24.0 Å². The maximum absolute atomic E-state index is 12.7. The molecule has 2 rings (SSSR count). The molecule has 0 bridgehead atoms. The van der Waals surface area contributed by atoms with Crippen molar-refractivity contribution in [2.24, 2.45) is 10.9 Å². The normalized spacial score (nSPS) is 16.3. The zero-order chi connectivity index (χ0) is 22.7. The number of halogens is 1. The summed E-state index contributed by atoms with van der Waals surface area (Å²) in [5.74, 6) is 1.45. The Morgan fingerprint density at radius 1 is 1.41 bits per heavy atom. The molecule has 32 heavy (non-hydrogen) atoms. The lowest BCUT2D eigenvalue weighted by atomic mass is 10.1. The number of carbonyl (C=O) groups is 1. The molecule has 0 aromatic carbocycles. The molecule has 1 amide bonds. The zero-order valence-corrected chi connectivity index (χ0v) is 22.5. The number of aromatic nitrogens is 1. The van der Waals surface area contributed by atoms with Crippen molar-refractivity contribution < 1.29 is 14.3 Å². The fourth-order valence-electron chi connectivity index (χ4n) is 3.39. The summed E-state index contributed by atoms with van der Waals surface area (Å²) in [7, 11) is 2.06. The molecule has 2 heterocycles. The smallest absolute Gasteiger partial charge is 0.410 e. The Labute approximate surface area is 210 Å². The predicted octanol–water partition coefficient (Wildman–Crippen LogP) is 3.76. The van der Waals surface area contributed by atoms with Crippen molar-refractivity contribution in [1.82, 2.24) is 20.1 Å². The average Bonchev–Trinajstić information content (AvgIpc) is 3.21. The quantitative estimate of drug-likeness (QED) is 0.214. The summed E-state index contributed by atoms with van der Waals surface area (Å²) in [6.07, 6.45) is 5.04. The Morgan fingerprint density at radius 2 is 2.19 bits per heavy atom. The molecule has 9 heteroatoms. The van der Waals surface area contributed by atoms with Crippen LogP contribution in [0.25, 0.3) is 0 Å². The van der Waals surface area contributed by atoms with E-state index in [0.717, 1.165) is 50.7 Å². The minimum absolute atomic E-state index is 0. The molecule has 1 aromatic rings. The molecule has 8 nitrogen and oxygen atoms in total. The van der Waals surface area contributed by atoms with Crippen LogP contribution in [0.1, 0.15) is 46.1 Å². The molecule has 1 unspecified atom stereocenters. The summed E-state index contributed by atoms with van der Waals surface area (Å²) in [4.78, 5) is 25.5. The Balaban J connectivity index is 0.00000512. The molecule has 1 aliphatic heterocycles. The topological polar surface area (TPSA) is 79.3 Å². The van der Waals surface area contributed by atoms with Crippen molar-refractivity contribution in [3.8, 4) is 0 Å². The third-order valence-corrected chi connectivity index (χ3v) is 4.85. The first-order chi connectivity index (χ1) is 14.8. The van der Waals surface area contributed by atoms with Gasteiger partial charge < -0.3 is 24.6 Å². The summed E-state index contributed by atoms with van der Waals surface area (Å²) in [6.45, 7) is 12.8. The fourth-order valence-corrected chi connectivity index (χ4v) is 3.39. The minimum atomic E-state index is -0.534. The third-order valence-electron chi connectivity index (χ3n) is 4.85. The highest BCUT2D eigenvalue weighted by molar-refractivity contribution is 14.0. The first-order valence-corrected chi connectivity index (χ1v) is 11.2. The van der Waals surface area contributed by atoms with Crippen LogP contribution in [0.5, 0.6) is 0 Å². The number of amides is 1. The van der Waals surface area contributed by atoms with Crippen LogP contribution in [0.3, 0.4) is 0 Å². The lowest BCUT2D eigenvalue weighted by Crippen LogP contribution is -2.41. The Morgan fingerprint density at radius 3 is 2.78 bits per heavy atom. The van der Waals surface area contributed by atoms with E-state index in [2.05, 4.69) is 29.2 Å². The molecule has 0 radical (unpaired) electrons. The van der Waals surface area contributed by atoms with Crippen molar-refractivity contribution in [3.05, 3.63) is 30.1 Å². The van der Waals surface area contributed by atoms with Gasteiger partial charge in [-0.2, -0.15) is 0 Å². The van der Waals surface area contributed by atoms with Gasteiger partial charge in [0.2, 0.25) is 0 Å². The van der Waals surface area contributed by atoms with Gasteiger partial charge in [0.15, 0.2) is 5.96 Å². The van der Waals surface area contributed by atoms with E-state index in [9.17, 15) is 4.79 Å². The third kappa shape index (κ3) is 10.8. The van der Waals surface area contributed by atoms with Gasteiger partial charge >= 0.3 is 6.09 Å². The maximum atomic E-state index is 12.7. The predicted molar refractivity (Wildman–Crippen MR) is 138 cm³/mol. The van der Waals surface area contributed by atoms with Gasteiger partial charge in [-0.05, 0) is 52.2 Å². The summed E-state index contributed by atoms with van der Waals surface area (Å²) in [5, 5.41) is 3.36. The molecule has 0 aliphatic carbocycles. The van der Waals surface area contributed by atoms with Gasteiger partial charge in [-0.25, -0.2) is 4.79 Å². The number of guanidine groups is 1. The summed E-state index contributed by atoms with van der Waals surface area (Å²) in [6, 6.07) is 3.84. The second kappa shape index (κ2) is 14.5. The van der Waals surface area contributed by atoms with E-state index in [1.807, 2.05) is 32.9 Å². The lowest BCUT2D eigenvalue weighted by Gasteiger charge is -2.27. The van der Waals surface area contributed by atoms with Crippen LogP contribution in [0.2, 0.25) is 0 Å². The molecule has 182 valence electrons. The van der Waals surface area contributed by atoms with Crippen molar-refractivity contribution >= 4 is 36.0 Å². The number of nitrogens with one attached hydrogen (secondary N) is 1. The van der Waals surface area contributed by atoms with Crippen LogP contribution in [0, 0.1) is 5.92 Å². The highest BCUT2D eigenvalue weighted by Gasteiger charge is 2.22. The maximum Gasteiger partial charge on any atom is 0.410 e. The number of rotatable bonds is 9. The van der Waals surface area contributed by atoms with Crippen molar-refractivity contribution in [2.45, 2.75) is 52.7 Å². The van der Waals surface area contributed by atoms with Gasteiger partial charge in [0.05, 0.1) is 13.2 Å². The highest BCUT2D eigenvalue weighted by Crippen LogP contribution is 2.14. The van der Waals surface area contributed by atoms with Crippen LogP contribution in [0.15, 0.2) is 29.5 Å². The van der Waals surface area contributed by atoms with Gasteiger partial charge in [-0.15, -0.1) is 24.0 Å². The van der Waals surface area contributed by atoms with E-state index >= 15 is 0 Å². The summed E-state index contributed by atoms with van der Waals surface area (Å²) in [5.41, 5.74) is 0.441. The molecular weight excluding hydrogens is 521 g/mol. The number of aliphatic imine (C=N–C) groups is 1. The second-order valence-electron chi connectivity index (χ2n) is 8.96. The van der Waals surface area contributed by atoms with Gasteiger partial charge in [0.1, 0.15) is 5.60 Å². The Kier molecular flexibility index (Phi) is 12.9. The lowest BCUT2D eigenvalue weighted by molar-refractivity contribution is 0.0232. The van der Waals surface area contributed by atoms with Gasteiger partial charge in [0.25, 0.3) is 0 Å². The highest BCUT2D eigenvalue weighted by atomic mass is 127. The van der Waals surface area contributed by atoms with Crippen molar-refractivity contribution in [1.29, 1.82) is 0 Å². The zero-order valence-electron chi connectivity index (χ0n) is 20.2. The van der Waals surface area contributed by atoms with E-state index < -0.39 is 5.60 Å². The van der Waals surface area contributed by atoms with Gasteiger partial charge in [0, 0.05) is 58.1 Å². The van der Waals surface area contributed by atoms with Crippen LogP contribution in [-0.2, 0) is 16.0 Å². The first kappa shape index (κ1) is 28.4. The molecule has 0 saturated carbocycles. The Bertz CT molecular complexity index is 691. The molecule has 0 spiro atoms. The summed E-state index contributed by atoms with van der Waals surface area (Å²) >= 11 is 0. The second-order valence-corrected chi connectivity index (χ2v) is 8.96. The largest absolute Gasteiger partial charge is 0.444 e. The van der Waals surface area contributed by atoms with Crippen LogP contribution in [0.4, 0.5) is 4.79 Å². The van der Waals surface area contributed by atoms with E-state index in [-0.39, 0.29) is 30.1 Å². The SMILES string of the molecule is CCNC(=NCCCN(Cc1cccnc1)C(=O)OC(C)(C)C)N(C)CC1CCOC1.I. The molecule has 1 atom stereocenters. The average molecular weight is 562 g/mol. The molecule has 1 N–H and O–H groups in total. The monoisotopic (exact) mass is 561 g/mol. The number of hydrogen-bond acceptors (Lipinski definition) is 5. The number of pyridine rings is 1. The number of ether oxygens (including phenoxy) is 2. The van der Waals surface area contributed by atoms with Gasteiger partial charge in [-0.1, -0.05) is 6.07 Å².